The second kappa shape index (κ2) is 20.6. The van der Waals surface area contributed by atoms with Crippen molar-refractivity contribution in [1.29, 1.82) is 0 Å². The molecule has 1 heterocycles. The lowest BCUT2D eigenvalue weighted by molar-refractivity contribution is -0.704. The zero-order valence-corrected chi connectivity index (χ0v) is 23.5. The van der Waals surface area contributed by atoms with Gasteiger partial charge >= 0.3 is 0 Å². The molecule has 0 amide bonds. The third-order valence-corrected chi connectivity index (χ3v) is 7.54. The van der Waals surface area contributed by atoms with Gasteiger partial charge in [-0.25, -0.2) is 9.13 Å². The fraction of sp³-hybridized carbons (Fsp3) is 0.727. The smallest absolute Gasteiger partial charge is 0.234 e. The van der Waals surface area contributed by atoms with Crippen molar-refractivity contribution in [1.82, 2.24) is 4.57 Å². The molecule has 0 bridgehead atoms. The van der Waals surface area contributed by atoms with Gasteiger partial charge in [-0.15, -0.1) is 0 Å². The average Bonchev–Trinajstić information content (AvgIpc) is 3.25. The fourth-order valence-corrected chi connectivity index (χ4v) is 5.28. The van der Waals surface area contributed by atoms with E-state index in [-0.39, 0.29) is 0 Å². The van der Waals surface area contributed by atoms with Gasteiger partial charge in [-0.1, -0.05) is 147 Å². The highest BCUT2D eigenvalue weighted by Crippen LogP contribution is 2.15. The first kappa shape index (κ1) is 29.7. The molecule has 0 aliphatic heterocycles. The van der Waals surface area contributed by atoms with Crippen LogP contribution in [0.3, 0.4) is 0 Å². The number of unbranched alkanes of at least 4 members (excludes halogenated alkanes) is 17. The SMILES string of the molecule is CCCCCCCCCCCCCCCCCCc1n(Cc2ccccc2)cc[n+]1CCCCC. The Morgan fingerprint density at radius 1 is 0.571 bits per heavy atom. The van der Waals surface area contributed by atoms with E-state index in [4.69, 9.17) is 0 Å². The highest BCUT2D eigenvalue weighted by atomic mass is 15.1. The minimum absolute atomic E-state index is 0.996. The average molecular weight is 482 g/mol. The topological polar surface area (TPSA) is 8.81 Å². The monoisotopic (exact) mass is 481 g/mol. The lowest BCUT2D eigenvalue weighted by Crippen LogP contribution is -2.37. The molecule has 2 heteroatoms. The van der Waals surface area contributed by atoms with Crippen LogP contribution in [0.2, 0.25) is 0 Å². The lowest BCUT2D eigenvalue weighted by Gasteiger charge is -2.07. The molecule has 2 rings (SSSR count). The van der Waals surface area contributed by atoms with Crippen molar-refractivity contribution in [3.63, 3.8) is 0 Å². The Balaban J connectivity index is 1.56. The highest BCUT2D eigenvalue weighted by molar-refractivity contribution is 5.15. The third kappa shape index (κ3) is 13.9. The first-order chi connectivity index (χ1) is 17.3. The van der Waals surface area contributed by atoms with E-state index < -0.39 is 0 Å². The summed E-state index contributed by atoms with van der Waals surface area (Å²) >= 11 is 0. The minimum Gasteiger partial charge on any atom is -0.234 e. The van der Waals surface area contributed by atoms with Gasteiger partial charge in [-0.3, -0.25) is 0 Å². The number of imidazole rings is 1. The van der Waals surface area contributed by atoms with E-state index in [1.807, 2.05) is 0 Å². The molecule has 0 saturated carbocycles. The molecule has 0 spiro atoms. The van der Waals surface area contributed by atoms with Crippen molar-refractivity contribution in [2.45, 2.75) is 155 Å². The number of benzene rings is 1. The Labute approximate surface area is 218 Å². The van der Waals surface area contributed by atoms with E-state index in [1.165, 1.54) is 146 Å². The Morgan fingerprint density at radius 2 is 1.06 bits per heavy atom. The van der Waals surface area contributed by atoms with Crippen LogP contribution in [0.1, 0.15) is 147 Å². The molecular formula is C33H57N2+. The summed E-state index contributed by atoms with van der Waals surface area (Å²) in [6, 6.07) is 10.9. The minimum atomic E-state index is 0.996. The van der Waals surface area contributed by atoms with Gasteiger partial charge in [-0.2, -0.15) is 0 Å². The number of nitrogens with zero attached hydrogens (tertiary/aromatic N) is 2. The molecule has 198 valence electrons. The van der Waals surface area contributed by atoms with Crippen LogP contribution in [0.4, 0.5) is 0 Å². The molecule has 1 aromatic carbocycles. The van der Waals surface area contributed by atoms with Gasteiger partial charge < -0.3 is 0 Å². The second-order valence-electron chi connectivity index (χ2n) is 10.8. The van der Waals surface area contributed by atoms with Gasteiger partial charge in [0.25, 0.3) is 5.82 Å². The summed E-state index contributed by atoms with van der Waals surface area (Å²) in [5, 5.41) is 0. The van der Waals surface area contributed by atoms with Crippen LogP contribution in [-0.2, 0) is 19.5 Å². The van der Waals surface area contributed by atoms with E-state index in [9.17, 15) is 0 Å². The number of aromatic nitrogens is 2. The van der Waals surface area contributed by atoms with Crippen molar-refractivity contribution in [3.8, 4) is 0 Å². The number of aryl methyl sites for hydroxylation is 1. The molecule has 0 aliphatic carbocycles. The molecule has 0 N–H and O–H groups in total. The molecular weight excluding hydrogens is 424 g/mol. The summed E-state index contributed by atoms with van der Waals surface area (Å²) in [7, 11) is 0. The molecule has 1 aromatic heterocycles. The quantitative estimate of drug-likeness (QED) is 0.110. The normalized spacial score (nSPS) is 11.4. The summed E-state index contributed by atoms with van der Waals surface area (Å²) < 4.78 is 5.02. The Hall–Kier alpha value is -1.57. The largest absolute Gasteiger partial charge is 0.256 e. The van der Waals surface area contributed by atoms with Crippen LogP contribution in [-0.4, -0.2) is 4.57 Å². The van der Waals surface area contributed by atoms with E-state index in [0.717, 1.165) is 6.54 Å². The van der Waals surface area contributed by atoms with E-state index >= 15 is 0 Å². The van der Waals surface area contributed by atoms with Crippen molar-refractivity contribution in [2.24, 2.45) is 0 Å². The predicted octanol–water partition coefficient (Wildman–Crippen LogP) is 9.82. The molecule has 0 atom stereocenters. The predicted molar refractivity (Wildman–Crippen MR) is 153 cm³/mol. The van der Waals surface area contributed by atoms with E-state index in [0.29, 0.717) is 0 Å². The molecule has 2 aromatic rings. The maximum absolute atomic E-state index is 2.53. The molecule has 0 fully saturated rings. The van der Waals surface area contributed by atoms with Crippen LogP contribution in [0.5, 0.6) is 0 Å². The number of rotatable bonds is 23. The Kier molecular flexibility index (Phi) is 17.5. The number of hydrogen-bond donors (Lipinski definition) is 0. The molecule has 0 radical (unpaired) electrons. The van der Waals surface area contributed by atoms with Crippen molar-refractivity contribution < 1.29 is 4.57 Å². The molecule has 35 heavy (non-hydrogen) atoms. The van der Waals surface area contributed by atoms with Crippen LogP contribution in [0, 0.1) is 0 Å². The fourth-order valence-electron chi connectivity index (χ4n) is 5.28. The zero-order valence-electron chi connectivity index (χ0n) is 23.5. The number of hydrogen-bond acceptors (Lipinski definition) is 0. The Morgan fingerprint density at radius 3 is 1.60 bits per heavy atom. The van der Waals surface area contributed by atoms with Gasteiger partial charge in [-0.05, 0) is 24.8 Å². The van der Waals surface area contributed by atoms with Gasteiger partial charge in [0.15, 0.2) is 0 Å². The van der Waals surface area contributed by atoms with Gasteiger partial charge in [0.2, 0.25) is 0 Å². The van der Waals surface area contributed by atoms with Gasteiger partial charge in [0, 0.05) is 6.42 Å². The second-order valence-corrected chi connectivity index (χ2v) is 10.8. The first-order valence-corrected chi connectivity index (χ1v) is 15.5. The van der Waals surface area contributed by atoms with Crippen LogP contribution >= 0.6 is 0 Å². The molecule has 2 nitrogen and oxygen atoms in total. The van der Waals surface area contributed by atoms with Crippen molar-refractivity contribution in [3.05, 3.63) is 54.1 Å². The molecule has 0 saturated heterocycles. The van der Waals surface area contributed by atoms with Crippen LogP contribution in [0.15, 0.2) is 42.7 Å². The van der Waals surface area contributed by atoms with E-state index in [1.54, 1.807) is 0 Å². The Bertz CT molecular complexity index is 718. The summed E-state index contributed by atoms with van der Waals surface area (Å²) in [5.74, 6) is 1.52. The summed E-state index contributed by atoms with van der Waals surface area (Å²) in [4.78, 5) is 0. The lowest BCUT2D eigenvalue weighted by atomic mass is 10.0. The van der Waals surface area contributed by atoms with Crippen LogP contribution < -0.4 is 4.57 Å². The highest BCUT2D eigenvalue weighted by Gasteiger charge is 2.16. The maximum Gasteiger partial charge on any atom is 0.256 e. The van der Waals surface area contributed by atoms with Crippen molar-refractivity contribution >= 4 is 0 Å². The zero-order chi connectivity index (χ0) is 24.8. The van der Waals surface area contributed by atoms with Gasteiger partial charge in [0.05, 0.1) is 6.54 Å². The molecule has 0 aliphatic rings. The van der Waals surface area contributed by atoms with Crippen LogP contribution in [0.25, 0.3) is 0 Å². The maximum atomic E-state index is 2.53. The first-order valence-electron chi connectivity index (χ1n) is 15.5. The van der Waals surface area contributed by atoms with Crippen molar-refractivity contribution in [2.75, 3.05) is 0 Å². The van der Waals surface area contributed by atoms with E-state index in [2.05, 4.69) is 65.7 Å². The third-order valence-electron chi connectivity index (χ3n) is 7.54. The summed E-state index contributed by atoms with van der Waals surface area (Å²) in [5.41, 5.74) is 1.40. The standard InChI is InChI=1S/C33H57N2/c1-3-5-7-8-9-10-11-12-13-14-15-16-17-18-19-23-27-33-34(28-24-6-4-2)29-30-35(33)31-32-25-21-20-22-26-32/h20-22,25-26,29-30H,3-19,23-24,27-28,31H2,1-2H3/q+1. The summed E-state index contributed by atoms with van der Waals surface area (Å²) in [6.07, 6.45) is 32.7. The summed E-state index contributed by atoms with van der Waals surface area (Å²) in [6.45, 7) is 6.76. The molecule has 0 unspecified atom stereocenters. The van der Waals surface area contributed by atoms with Gasteiger partial charge in [0.1, 0.15) is 18.9 Å².